The van der Waals surface area contributed by atoms with Crippen LogP contribution >= 0.6 is 0 Å². The molecule has 2 nitrogen and oxygen atoms in total. The summed E-state index contributed by atoms with van der Waals surface area (Å²) in [6.45, 7) is 9.75. The van der Waals surface area contributed by atoms with Gasteiger partial charge in [0.05, 0.1) is 6.10 Å². The molecule has 1 fully saturated rings. The van der Waals surface area contributed by atoms with Crippen LogP contribution < -0.4 is 0 Å². The molecule has 2 heteroatoms. The molecule has 0 aromatic heterocycles. The molecular formula is C11H23NO. The van der Waals surface area contributed by atoms with Crippen molar-refractivity contribution in [3.8, 4) is 0 Å². The van der Waals surface area contributed by atoms with Crippen molar-refractivity contribution in [2.45, 2.75) is 58.7 Å². The number of likely N-dealkylation sites (tertiary alicyclic amines) is 1. The lowest BCUT2D eigenvalue weighted by Gasteiger charge is -2.41. The molecule has 0 aromatic rings. The Labute approximate surface area is 81.9 Å². The predicted molar refractivity (Wildman–Crippen MR) is 55.7 cm³/mol. The average Bonchev–Trinajstić information content (AvgIpc) is 2.03. The Morgan fingerprint density at radius 3 is 2.38 bits per heavy atom. The standard InChI is InChI=1S/C11H23NO/c1-8-5-6-12(9(2)7-8)10(3)11(4)13/h8-11,13H,5-7H2,1-4H3. The van der Waals surface area contributed by atoms with Crippen molar-refractivity contribution >= 4 is 0 Å². The van der Waals surface area contributed by atoms with Crippen molar-refractivity contribution in [2.24, 2.45) is 5.92 Å². The fraction of sp³-hybridized carbons (Fsp3) is 1.00. The van der Waals surface area contributed by atoms with Crippen LogP contribution in [0.5, 0.6) is 0 Å². The highest BCUT2D eigenvalue weighted by Gasteiger charge is 2.28. The Hall–Kier alpha value is -0.0800. The zero-order valence-corrected chi connectivity index (χ0v) is 9.33. The molecule has 0 bridgehead atoms. The maximum absolute atomic E-state index is 9.52. The first kappa shape index (κ1) is 11.0. The molecule has 0 radical (unpaired) electrons. The number of piperidine rings is 1. The van der Waals surface area contributed by atoms with Gasteiger partial charge in [0.15, 0.2) is 0 Å². The van der Waals surface area contributed by atoms with Crippen molar-refractivity contribution in [3.63, 3.8) is 0 Å². The van der Waals surface area contributed by atoms with E-state index in [1.165, 1.54) is 12.8 Å². The molecule has 1 heterocycles. The molecule has 4 unspecified atom stereocenters. The van der Waals surface area contributed by atoms with Gasteiger partial charge in [-0.2, -0.15) is 0 Å². The quantitative estimate of drug-likeness (QED) is 0.710. The Morgan fingerprint density at radius 1 is 1.31 bits per heavy atom. The molecular weight excluding hydrogens is 162 g/mol. The predicted octanol–water partition coefficient (Wildman–Crippen LogP) is 1.88. The number of rotatable bonds is 2. The highest BCUT2D eigenvalue weighted by molar-refractivity contribution is 4.82. The molecule has 0 amide bonds. The lowest BCUT2D eigenvalue weighted by Crippen LogP contribution is -2.49. The van der Waals surface area contributed by atoms with Gasteiger partial charge in [0, 0.05) is 12.1 Å². The Balaban J connectivity index is 2.50. The smallest absolute Gasteiger partial charge is 0.0664 e. The van der Waals surface area contributed by atoms with Crippen LogP contribution in [0.1, 0.15) is 40.5 Å². The summed E-state index contributed by atoms with van der Waals surface area (Å²) in [5, 5.41) is 9.52. The zero-order valence-electron chi connectivity index (χ0n) is 9.33. The lowest BCUT2D eigenvalue weighted by atomic mass is 9.91. The number of aliphatic hydroxyl groups excluding tert-OH is 1. The van der Waals surface area contributed by atoms with E-state index in [1.54, 1.807) is 0 Å². The average molecular weight is 185 g/mol. The Bertz CT molecular complexity index is 158. The van der Waals surface area contributed by atoms with Crippen molar-refractivity contribution in [3.05, 3.63) is 0 Å². The summed E-state index contributed by atoms with van der Waals surface area (Å²) in [4.78, 5) is 2.44. The minimum atomic E-state index is -0.212. The fourth-order valence-electron chi connectivity index (χ4n) is 2.31. The third-order valence-electron chi connectivity index (χ3n) is 3.41. The largest absolute Gasteiger partial charge is 0.392 e. The molecule has 1 N–H and O–H groups in total. The third kappa shape index (κ3) is 2.68. The second kappa shape index (κ2) is 4.43. The van der Waals surface area contributed by atoms with Crippen LogP contribution in [-0.4, -0.2) is 34.7 Å². The maximum Gasteiger partial charge on any atom is 0.0664 e. The van der Waals surface area contributed by atoms with Gasteiger partial charge in [-0.15, -0.1) is 0 Å². The minimum absolute atomic E-state index is 0.212. The zero-order chi connectivity index (χ0) is 10.0. The van der Waals surface area contributed by atoms with Gasteiger partial charge in [0.2, 0.25) is 0 Å². The second-order valence-electron chi connectivity index (χ2n) is 4.70. The van der Waals surface area contributed by atoms with Gasteiger partial charge in [0.25, 0.3) is 0 Å². The third-order valence-corrected chi connectivity index (χ3v) is 3.41. The van der Waals surface area contributed by atoms with Crippen LogP contribution in [0.2, 0.25) is 0 Å². The van der Waals surface area contributed by atoms with E-state index in [9.17, 15) is 5.11 Å². The normalized spacial score (nSPS) is 35.8. The molecule has 1 aliphatic rings. The van der Waals surface area contributed by atoms with Crippen molar-refractivity contribution in [1.82, 2.24) is 4.90 Å². The van der Waals surface area contributed by atoms with Crippen LogP contribution in [0.15, 0.2) is 0 Å². The van der Waals surface area contributed by atoms with E-state index in [0.717, 1.165) is 12.5 Å². The summed E-state index contributed by atoms with van der Waals surface area (Å²) in [5.74, 6) is 0.854. The summed E-state index contributed by atoms with van der Waals surface area (Å²) < 4.78 is 0. The highest BCUT2D eigenvalue weighted by atomic mass is 16.3. The van der Waals surface area contributed by atoms with Gasteiger partial charge in [0.1, 0.15) is 0 Å². The van der Waals surface area contributed by atoms with Crippen LogP contribution in [0.25, 0.3) is 0 Å². The minimum Gasteiger partial charge on any atom is -0.392 e. The van der Waals surface area contributed by atoms with Crippen LogP contribution in [-0.2, 0) is 0 Å². The molecule has 13 heavy (non-hydrogen) atoms. The molecule has 78 valence electrons. The first-order valence-electron chi connectivity index (χ1n) is 5.46. The fourth-order valence-corrected chi connectivity index (χ4v) is 2.31. The topological polar surface area (TPSA) is 23.5 Å². The van der Waals surface area contributed by atoms with Crippen LogP contribution in [0.4, 0.5) is 0 Å². The molecule has 0 spiro atoms. The van der Waals surface area contributed by atoms with E-state index < -0.39 is 0 Å². The summed E-state index contributed by atoms with van der Waals surface area (Å²) >= 11 is 0. The summed E-state index contributed by atoms with van der Waals surface area (Å²) in [6.07, 6.45) is 2.34. The summed E-state index contributed by atoms with van der Waals surface area (Å²) in [6, 6.07) is 0.941. The van der Waals surface area contributed by atoms with Crippen molar-refractivity contribution in [2.75, 3.05) is 6.54 Å². The van der Waals surface area contributed by atoms with Gasteiger partial charge in [-0.1, -0.05) is 6.92 Å². The lowest BCUT2D eigenvalue weighted by molar-refractivity contribution is 0.0196. The Kier molecular flexibility index (Phi) is 3.74. The van der Waals surface area contributed by atoms with Gasteiger partial charge in [-0.25, -0.2) is 0 Å². The van der Waals surface area contributed by atoms with Crippen LogP contribution in [0, 0.1) is 5.92 Å². The molecule has 0 saturated carbocycles. The summed E-state index contributed by atoms with van der Waals surface area (Å²) in [7, 11) is 0. The molecule has 0 aromatic carbocycles. The number of hydrogen-bond acceptors (Lipinski definition) is 2. The van der Waals surface area contributed by atoms with E-state index in [2.05, 4.69) is 25.7 Å². The van der Waals surface area contributed by atoms with E-state index in [1.807, 2.05) is 6.92 Å². The highest BCUT2D eigenvalue weighted by Crippen LogP contribution is 2.24. The van der Waals surface area contributed by atoms with Gasteiger partial charge in [-0.05, 0) is 46.1 Å². The van der Waals surface area contributed by atoms with Gasteiger partial charge < -0.3 is 5.11 Å². The molecule has 1 rings (SSSR count). The van der Waals surface area contributed by atoms with E-state index in [0.29, 0.717) is 12.1 Å². The van der Waals surface area contributed by atoms with E-state index in [-0.39, 0.29) is 6.10 Å². The maximum atomic E-state index is 9.52. The monoisotopic (exact) mass is 185 g/mol. The first-order valence-corrected chi connectivity index (χ1v) is 5.46. The molecule has 1 saturated heterocycles. The number of nitrogens with zero attached hydrogens (tertiary/aromatic N) is 1. The van der Waals surface area contributed by atoms with Gasteiger partial charge >= 0.3 is 0 Å². The first-order chi connectivity index (χ1) is 6.02. The molecule has 1 aliphatic heterocycles. The molecule has 0 aliphatic carbocycles. The summed E-state index contributed by atoms with van der Waals surface area (Å²) in [5.41, 5.74) is 0. The van der Waals surface area contributed by atoms with Gasteiger partial charge in [-0.3, -0.25) is 4.90 Å². The second-order valence-corrected chi connectivity index (χ2v) is 4.70. The van der Waals surface area contributed by atoms with Crippen LogP contribution in [0.3, 0.4) is 0 Å². The van der Waals surface area contributed by atoms with Crippen molar-refractivity contribution < 1.29 is 5.11 Å². The molecule has 4 atom stereocenters. The SMILES string of the molecule is CC1CCN(C(C)C(C)O)C(C)C1. The van der Waals surface area contributed by atoms with E-state index >= 15 is 0 Å². The van der Waals surface area contributed by atoms with E-state index in [4.69, 9.17) is 0 Å². The number of hydrogen-bond donors (Lipinski definition) is 1. The van der Waals surface area contributed by atoms with Crippen molar-refractivity contribution in [1.29, 1.82) is 0 Å². The number of aliphatic hydroxyl groups is 1. The Morgan fingerprint density at radius 2 is 1.92 bits per heavy atom.